The van der Waals surface area contributed by atoms with E-state index >= 15 is 0 Å². The van der Waals surface area contributed by atoms with E-state index in [2.05, 4.69) is 27.8 Å². The Bertz CT molecular complexity index is 837. The highest BCUT2D eigenvalue weighted by atomic mass is 16.6. The number of aryl methyl sites for hydroxylation is 1. The zero-order valence-electron chi connectivity index (χ0n) is 18.2. The van der Waals surface area contributed by atoms with E-state index in [4.69, 9.17) is 17.6 Å². The lowest BCUT2D eigenvalue weighted by Gasteiger charge is -2.26. The molecule has 0 bridgehead atoms. The standard InChI is InChI=1S/C24H31N3O2/c1-8-13-27(14-9-2)21-12-11-18-15-19(17-25-24(4,5)6)22(16-20(18)21)29-23(28)26(7)10-3/h1-2,15-17,21H,10-14H2,3-7H3/b25-17+/t21-/m1/s1. The molecule has 0 spiro atoms. The molecule has 1 aliphatic rings. The summed E-state index contributed by atoms with van der Waals surface area (Å²) in [4.78, 5) is 20.7. The zero-order chi connectivity index (χ0) is 21.6. The van der Waals surface area contributed by atoms with Gasteiger partial charge in [-0.2, -0.15) is 0 Å². The van der Waals surface area contributed by atoms with Gasteiger partial charge in [0.25, 0.3) is 0 Å². The number of aliphatic imine (C=N–C) groups is 1. The summed E-state index contributed by atoms with van der Waals surface area (Å²) >= 11 is 0. The molecule has 1 aromatic rings. The number of nitrogens with zero attached hydrogens (tertiary/aromatic N) is 3. The van der Waals surface area contributed by atoms with Crippen LogP contribution in [0.4, 0.5) is 4.79 Å². The van der Waals surface area contributed by atoms with Crippen molar-refractivity contribution in [1.29, 1.82) is 0 Å². The van der Waals surface area contributed by atoms with E-state index in [1.54, 1.807) is 13.3 Å². The van der Waals surface area contributed by atoms with Crippen molar-refractivity contribution >= 4 is 12.3 Å². The van der Waals surface area contributed by atoms with E-state index < -0.39 is 6.09 Å². The van der Waals surface area contributed by atoms with Crippen LogP contribution in [0.1, 0.15) is 56.8 Å². The molecule has 0 heterocycles. The summed E-state index contributed by atoms with van der Waals surface area (Å²) in [5.41, 5.74) is 2.91. The lowest BCUT2D eigenvalue weighted by Crippen LogP contribution is -2.30. The first kappa shape index (κ1) is 22.5. The van der Waals surface area contributed by atoms with Gasteiger partial charge in [0.1, 0.15) is 5.75 Å². The van der Waals surface area contributed by atoms with Crippen molar-refractivity contribution in [1.82, 2.24) is 9.80 Å². The molecular weight excluding hydrogens is 362 g/mol. The first-order chi connectivity index (χ1) is 13.7. The van der Waals surface area contributed by atoms with Gasteiger partial charge in [0.05, 0.1) is 18.6 Å². The molecule has 5 nitrogen and oxygen atoms in total. The van der Waals surface area contributed by atoms with Gasteiger partial charge >= 0.3 is 6.09 Å². The van der Waals surface area contributed by atoms with Crippen LogP contribution < -0.4 is 4.74 Å². The Morgan fingerprint density at radius 1 is 1.31 bits per heavy atom. The van der Waals surface area contributed by atoms with Crippen LogP contribution in [0.3, 0.4) is 0 Å². The minimum atomic E-state index is -0.392. The number of terminal acetylenes is 2. The molecule has 0 aliphatic heterocycles. The van der Waals surface area contributed by atoms with Crippen molar-refractivity contribution in [2.45, 2.75) is 52.1 Å². The Balaban J connectivity index is 2.47. The second kappa shape index (κ2) is 9.63. The fourth-order valence-electron chi connectivity index (χ4n) is 3.28. The average Bonchev–Trinajstić information content (AvgIpc) is 3.07. The van der Waals surface area contributed by atoms with Gasteiger partial charge in [0.2, 0.25) is 0 Å². The molecule has 1 atom stereocenters. The van der Waals surface area contributed by atoms with Crippen molar-refractivity contribution in [2.75, 3.05) is 26.7 Å². The molecule has 2 rings (SSSR count). The normalized spacial score (nSPS) is 15.8. The Hall–Kier alpha value is -2.76. The van der Waals surface area contributed by atoms with E-state index in [0.717, 1.165) is 24.0 Å². The fraction of sp³-hybridized carbons (Fsp3) is 0.500. The van der Waals surface area contributed by atoms with Crippen molar-refractivity contribution in [3.63, 3.8) is 0 Å². The van der Waals surface area contributed by atoms with Crippen molar-refractivity contribution in [2.24, 2.45) is 4.99 Å². The topological polar surface area (TPSA) is 45.1 Å². The highest BCUT2D eigenvalue weighted by Crippen LogP contribution is 2.39. The summed E-state index contributed by atoms with van der Waals surface area (Å²) in [6, 6.07) is 4.15. The average molecular weight is 394 g/mol. The monoisotopic (exact) mass is 393 g/mol. The number of fused-ring (bicyclic) bond motifs is 1. The van der Waals surface area contributed by atoms with Crippen LogP contribution in [0, 0.1) is 24.7 Å². The molecule has 0 radical (unpaired) electrons. The molecule has 0 aromatic heterocycles. The lowest BCUT2D eigenvalue weighted by atomic mass is 10.0. The number of carbonyl (C=O) groups is 1. The third-order valence-electron chi connectivity index (χ3n) is 4.92. The molecule has 0 fully saturated rings. The largest absolute Gasteiger partial charge is 0.414 e. The molecule has 5 heteroatoms. The lowest BCUT2D eigenvalue weighted by molar-refractivity contribution is 0.165. The Morgan fingerprint density at radius 3 is 2.52 bits per heavy atom. The van der Waals surface area contributed by atoms with Crippen molar-refractivity contribution in [3.8, 4) is 30.4 Å². The van der Waals surface area contributed by atoms with Crippen LogP contribution in [-0.4, -0.2) is 54.3 Å². The maximum atomic E-state index is 12.4. The predicted molar refractivity (Wildman–Crippen MR) is 118 cm³/mol. The highest BCUT2D eigenvalue weighted by molar-refractivity contribution is 5.86. The van der Waals surface area contributed by atoms with Crippen LogP contribution in [0.25, 0.3) is 0 Å². The number of benzene rings is 1. The minimum absolute atomic E-state index is 0.118. The third kappa shape index (κ3) is 5.86. The van der Waals surface area contributed by atoms with E-state index in [1.165, 1.54) is 10.5 Å². The van der Waals surface area contributed by atoms with Gasteiger partial charge < -0.3 is 9.64 Å². The second-order valence-electron chi connectivity index (χ2n) is 8.27. The molecule has 0 unspecified atom stereocenters. The van der Waals surface area contributed by atoms with Crippen LogP contribution in [-0.2, 0) is 6.42 Å². The number of hydrogen-bond acceptors (Lipinski definition) is 4. The number of amides is 1. The van der Waals surface area contributed by atoms with E-state index in [-0.39, 0.29) is 11.6 Å². The van der Waals surface area contributed by atoms with E-state index in [9.17, 15) is 4.79 Å². The molecular formula is C24H31N3O2. The number of ether oxygens (including phenoxy) is 1. The number of hydrogen-bond donors (Lipinski definition) is 0. The van der Waals surface area contributed by atoms with Crippen LogP contribution in [0.2, 0.25) is 0 Å². The van der Waals surface area contributed by atoms with Gasteiger partial charge in [-0.3, -0.25) is 9.89 Å². The van der Waals surface area contributed by atoms with Gasteiger partial charge in [-0.05, 0) is 63.8 Å². The molecule has 1 amide bonds. The summed E-state index contributed by atoms with van der Waals surface area (Å²) in [7, 11) is 1.71. The summed E-state index contributed by atoms with van der Waals surface area (Å²) < 4.78 is 5.73. The minimum Gasteiger partial charge on any atom is -0.409 e. The van der Waals surface area contributed by atoms with Gasteiger partial charge in [-0.25, -0.2) is 4.79 Å². The zero-order valence-corrected chi connectivity index (χ0v) is 18.2. The van der Waals surface area contributed by atoms with Crippen molar-refractivity contribution < 1.29 is 9.53 Å². The van der Waals surface area contributed by atoms with Crippen molar-refractivity contribution in [3.05, 3.63) is 28.8 Å². The van der Waals surface area contributed by atoms with Crippen LogP contribution in [0.15, 0.2) is 17.1 Å². The second-order valence-corrected chi connectivity index (χ2v) is 8.27. The number of rotatable bonds is 6. The van der Waals surface area contributed by atoms with E-state index in [1.807, 2.05) is 33.8 Å². The smallest absolute Gasteiger partial charge is 0.409 e. The Labute approximate surface area is 175 Å². The van der Waals surface area contributed by atoms with Crippen LogP contribution in [0.5, 0.6) is 5.75 Å². The quantitative estimate of drug-likeness (QED) is 0.544. The predicted octanol–water partition coefficient (Wildman–Crippen LogP) is 3.91. The SMILES string of the molecule is C#CCN(CC#C)[C@@H]1CCc2cc(/C=N/C(C)(C)C)c(OC(=O)N(C)CC)cc21. The summed E-state index contributed by atoms with van der Waals surface area (Å²) in [6.07, 6.45) is 14.3. The maximum Gasteiger partial charge on any atom is 0.414 e. The van der Waals surface area contributed by atoms with Gasteiger partial charge in [-0.15, -0.1) is 12.8 Å². The molecule has 1 aromatic carbocycles. The fourth-order valence-corrected chi connectivity index (χ4v) is 3.28. The van der Waals surface area contributed by atoms with Gasteiger partial charge in [0, 0.05) is 31.4 Å². The highest BCUT2D eigenvalue weighted by Gasteiger charge is 2.29. The van der Waals surface area contributed by atoms with E-state index in [0.29, 0.717) is 25.4 Å². The molecule has 154 valence electrons. The first-order valence-corrected chi connectivity index (χ1v) is 9.96. The maximum absolute atomic E-state index is 12.4. The summed E-state index contributed by atoms with van der Waals surface area (Å²) in [6.45, 7) is 9.52. The Kier molecular flexibility index (Phi) is 7.48. The Morgan fingerprint density at radius 2 is 1.97 bits per heavy atom. The first-order valence-electron chi connectivity index (χ1n) is 9.96. The summed E-state index contributed by atoms with van der Waals surface area (Å²) in [5, 5.41) is 0. The summed E-state index contributed by atoms with van der Waals surface area (Å²) in [5.74, 6) is 5.90. The molecule has 0 N–H and O–H groups in total. The third-order valence-corrected chi connectivity index (χ3v) is 4.92. The van der Waals surface area contributed by atoms with Gasteiger partial charge in [0.15, 0.2) is 0 Å². The van der Waals surface area contributed by atoms with Crippen LogP contribution >= 0.6 is 0 Å². The molecule has 1 aliphatic carbocycles. The molecule has 0 saturated carbocycles. The number of carbonyl (C=O) groups excluding carboxylic acids is 1. The molecule has 29 heavy (non-hydrogen) atoms. The van der Waals surface area contributed by atoms with Gasteiger partial charge in [-0.1, -0.05) is 11.8 Å². The molecule has 0 saturated heterocycles.